The molecule has 2 aromatic carbocycles. The molecule has 3 aromatic rings. The molecular formula is C22H19N5O3. The molecule has 150 valence electrons. The molecule has 1 saturated heterocycles. The van der Waals surface area contributed by atoms with Gasteiger partial charge in [-0.25, -0.2) is 15.4 Å². The molecule has 5 rings (SSSR count). The highest BCUT2D eigenvalue weighted by molar-refractivity contribution is 6.20. The van der Waals surface area contributed by atoms with Crippen LogP contribution in [0.2, 0.25) is 0 Å². The number of nitrogens with zero attached hydrogens (tertiary/aromatic N) is 3. The molecule has 8 nitrogen and oxygen atoms in total. The molecule has 1 amide bonds. The Morgan fingerprint density at radius 3 is 2.73 bits per heavy atom. The number of para-hydroxylation sites is 1. The second kappa shape index (κ2) is 6.90. The molecule has 30 heavy (non-hydrogen) atoms. The normalized spacial score (nSPS) is 23.3. The van der Waals surface area contributed by atoms with E-state index in [0.717, 1.165) is 5.56 Å². The lowest BCUT2D eigenvalue weighted by Gasteiger charge is -2.34. The van der Waals surface area contributed by atoms with Crippen LogP contribution in [0.3, 0.4) is 0 Å². The molecule has 0 saturated carbocycles. The second-order valence-corrected chi connectivity index (χ2v) is 7.26. The molecule has 3 atom stereocenters. The van der Waals surface area contributed by atoms with Gasteiger partial charge in [-0.3, -0.25) is 4.79 Å². The zero-order valence-electron chi connectivity index (χ0n) is 16.4. The summed E-state index contributed by atoms with van der Waals surface area (Å²) in [4.78, 5) is 17.9. The molecule has 0 spiro atoms. The molecular weight excluding hydrogens is 382 g/mol. The molecule has 0 aliphatic carbocycles. The predicted molar refractivity (Wildman–Crippen MR) is 109 cm³/mol. The third-order valence-electron chi connectivity index (χ3n) is 5.57. The highest BCUT2D eigenvalue weighted by Crippen LogP contribution is 2.37. The zero-order valence-corrected chi connectivity index (χ0v) is 16.4. The SMILES string of the molecule is COc1cccc2oc(C3=C(C)NC4C(c5ccccc5)C(C#N)NN4C3=O)nc12. The topological polar surface area (TPSA) is 103 Å². The maximum Gasteiger partial charge on any atom is 0.277 e. The number of aromatic nitrogens is 1. The van der Waals surface area contributed by atoms with Crippen molar-refractivity contribution in [1.82, 2.24) is 20.7 Å². The lowest BCUT2D eigenvalue weighted by molar-refractivity contribution is -0.130. The second-order valence-electron chi connectivity index (χ2n) is 7.26. The van der Waals surface area contributed by atoms with Crippen LogP contribution in [-0.2, 0) is 4.79 Å². The van der Waals surface area contributed by atoms with E-state index in [1.54, 1.807) is 25.3 Å². The predicted octanol–water partition coefficient (Wildman–Crippen LogP) is 2.52. The Bertz CT molecular complexity index is 1210. The van der Waals surface area contributed by atoms with Crippen molar-refractivity contribution in [2.45, 2.75) is 25.0 Å². The standard InChI is InChI=1S/C22H19N5O3/c1-12-17(21-25-19-15(29-2)9-6-10-16(19)30-21)22(28)27-20(24-12)18(14(11-23)26-27)13-7-4-3-5-8-13/h3-10,14,18,20,24,26H,1-2H3. The van der Waals surface area contributed by atoms with E-state index in [2.05, 4.69) is 21.8 Å². The number of nitrogens with one attached hydrogen (secondary N) is 2. The smallest absolute Gasteiger partial charge is 0.277 e. The van der Waals surface area contributed by atoms with Crippen molar-refractivity contribution in [2.24, 2.45) is 0 Å². The van der Waals surface area contributed by atoms with Gasteiger partial charge >= 0.3 is 0 Å². The maximum atomic E-state index is 13.4. The molecule has 2 aliphatic heterocycles. The van der Waals surface area contributed by atoms with Crippen LogP contribution < -0.4 is 15.5 Å². The minimum atomic E-state index is -0.551. The van der Waals surface area contributed by atoms with Gasteiger partial charge in [0.05, 0.1) is 19.1 Å². The van der Waals surface area contributed by atoms with Crippen molar-refractivity contribution >= 4 is 22.6 Å². The number of methoxy groups -OCH3 is 1. The highest BCUT2D eigenvalue weighted by Gasteiger charge is 2.49. The Hall–Kier alpha value is -3.83. The van der Waals surface area contributed by atoms with Crippen LogP contribution >= 0.6 is 0 Å². The number of oxazole rings is 1. The van der Waals surface area contributed by atoms with E-state index < -0.39 is 12.2 Å². The Labute approximate surface area is 172 Å². The van der Waals surface area contributed by atoms with Crippen molar-refractivity contribution in [2.75, 3.05) is 7.11 Å². The number of carbonyl (C=O) groups excluding carboxylic acids is 1. The molecule has 3 heterocycles. The van der Waals surface area contributed by atoms with E-state index in [1.807, 2.05) is 37.3 Å². The third kappa shape index (κ3) is 2.64. The van der Waals surface area contributed by atoms with Crippen molar-refractivity contribution < 1.29 is 13.9 Å². The molecule has 8 heteroatoms. The van der Waals surface area contributed by atoms with Crippen molar-refractivity contribution in [1.29, 1.82) is 5.26 Å². The number of hydrogen-bond donors (Lipinski definition) is 2. The summed E-state index contributed by atoms with van der Waals surface area (Å²) < 4.78 is 11.2. The average Bonchev–Trinajstić information content (AvgIpc) is 3.35. The summed E-state index contributed by atoms with van der Waals surface area (Å²) in [5, 5.41) is 14.6. The first-order chi connectivity index (χ1) is 14.6. The van der Waals surface area contributed by atoms with Gasteiger partial charge in [0.15, 0.2) is 11.1 Å². The Balaban J connectivity index is 1.57. The van der Waals surface area contributed by atoms with Crippen LogP contribution in [0.5, 0.6) is 5.75 Å². The fourth-order valence-electron chi connectivity index (χ4n) is 4.17. The molecule has 0 bridgehead atoms. The van der Waals surface area contributed by atoms with E-state index in [-0.39, 0.29) is 17.7 Å². The number of carbonyl (C=O) groups is 1. The Kier molecular flexibility index (Phi) is 4.19. The largest absolute Gasteiger partial charge is 0.494 e. The van der Waals surface area contributed by atoms with Crippen LogP contribution in [0.4, 0.5) is 0 Å². The number of ether oxygens (including phenoxy) is 1. The van der Waals surface area contributed by atoms with E-state index in [1.165, 1.54) is 5.01 Å². The van der Waals surface area contributed by atoms with E-state index in [4.69, 9.17) is 9.15 Å². The number of hydrazine groups is 1. The Morgan fingerprint density at radius 2 is 2.00 bits per heavy atom. The van der Waals surface area contributed by atoms with E-state index >= 15 is 0 Å². The minimum absolute atomic E-state index is 0.210. The number of amides is 1. The average molecular weight is 401 g/mol. The highest BCUT2D eigenvalue weighted by atomic mass is 16.5. The lowest BCUT2D eigenvalue weighted by Crippen LogP contribution is -2.54. The van der Waals surface area contributed by atoms with Crippen molar-refractivity contribution in [3.8, 4) is 11.8 Å². The van der Waals surface area contributed by atoms with Gasteiger partial charge in [-0.15, -0.1) is 0 Å². The zero-order chi connectivity index (χ0) is 20.8. The number of rotatable bonds is 3. The molecule has 1 fully saturated rings. The summed E-state index contributed by atoms with van der Waals surface area (Å²) in [7, 11) is 1.56. The summed E-state index contributed by atoms with van der Waals surface area (Å²) in [6.07, 6.45) is -0.396. The van der Waals surface area contributed by atoms with Crippen LogP contribution in [0.25, 0.3) is 16.7 Å². The van der Waals surface area contributed by atoms with Crippen LogP contribution in [0.1, 0.15) is 24.3 Å². The van der Waals surface area contributed by atoms with Gasteiger partial charge in [-0.2, -0.15) is 5.26 Å². The molecule has 0 radical (unpaired) electrons. The molecule has 2 aliphatic rings. The molecule has 1 aromatic heterocycles. The molecule has 3 unspecified atom stereocenters. The number of benzene rings is 2. The summed E-state index contributed by atoms with van der Waals surface area (Å²) in [6, 6.07) is 16.8. The van der Waals surface area contributed by atoms with Crippen LogP contribution in [-0.4, -0.2) is 35.2 Å². The van der Waals surface area contributed by atoms with Crippen molar-refractivity contribution in [3.05, 3.63) is 65.7 Å². The minimum Gasteiger partial charge on any atom is -0.494 e. The summed E-state index contributed by atoms with van der Waals surface area (Å²) in [5.74, 6) is 0.269. The number of nitriles is 1. The first-order valence-corrected chi connectivity index (χ1v) is 9.58. The Morgan fingerprint density at radius 1 is 1.20 bits per heavy atom. The van der Waals surface area contributed by atoms with Gasteiger partial charge < -0.3 is 14.5 Å². The van der Waals surface area contributed by atoms with Gasteiger partial charge in [0.1, 0.15) is 23.5 Å². The quantitative estimate of drug-likeness (QED) is 0.695. The van der Waals surface area contributed by atoms with E-state index in [0.29, 0.717) is 28.1 Å². The monoisotopic (exact) mass is 401 g/mol. The summed E-state index contributed by atoms with van der Waals surface area (Å²) in [6.45, 7) is 1.82. The first-order valence-electron chi connectivity index (χ1n) is 9.58. The van der Waals surface area contributed by atoms with Gasteiger partial charge in [0.2, 0.25) is 5.89 Å². The van der Waals surface area contributed by atoms with Gasteiger partial charge in [-0.1, -0.05) is 36.4 Å². The summed E-state index contributed by atoms with van der Waals surface area (Å²) >= 11 is 0. The van der Waals surface area contributed by atoms with Crippen LogP contribution in [0.15, 0.2) is 58.6 Å². The first kappa shape index (κ1) is 18.2. The van der Waals surface area contributed by atoms with Crippen molar-refractivity contribution in [3.63, 3.8) is 0 Å². The third-order valence-corrected chi connectivity index (χ3v) is 5.57. The number of fused-ring (bicyclic) bond motifs is 2. The molecule has 2 N–H and O–H groups in total. The fraction of sp³-hybridized carbons (Fsp3) is 0.227. The van der Waals surface area contributed by atoms with E-state index in [9.17, 15) is 10.1 Å². The van der Waals surface area contributed by atoms with Gasteiger partial charge in [0.25, 0.3) is 5.91 Å². The number of allylic oxidation sites excluding steroid dienone is 1. The van der Waals surface area contributed by atoms with Gasteiger partial charge in [0, 0.05) is 5.70 Å². The number of hydrogen-bond acceptors (Lipinski definition) is 7. The fourth-order valence-corrected chi connectivity index (χ4v) is 4.17. The maximum absolute atomic E-state index is 13.4. The lowest BCUT2D eigenvalue weighted by atomic mass is 9.90. The van der Waals surface area contributed by atoms with Gasteiger partial charge in [-0.05, 0) is 24.6 Å². The summed E-state index contributed by atoms with van der Waals surface area (Å²) in [5.41, 5.74) is 6.08. The van der Waals surface area contributed by atoms with Crippen LogP contribution in [0, 0.1) is 11.3 Å².